The molecule has 16 heavy (non-hydrogen) atoms. The van der Waals surface area contributed by atoms with E-state index in [0.29, 0.717) is 5.92 Å². The van der Waals surface area contributed by atoms with Crippen molar-refractivity contribution in [3.05, 3.63) is 29.8 Å². The van der Waals surface area contributed by atoms with Crippen molar-refractivity contribution >= 4 is 5.69 Å². The van der Waals surface area contributed by atoms with Crippen LogP contribution < -0.4 is 10.6 Å². The lowest BCUT2D eigenvalue weighted by molar-refractivity contribution is 0.512. The van der Waals surface area contributed by atoms with Gasteiger partial charge in [-0.25, -0.2) is 0 Å². The quantitative estimate of drug-likeness (QED) is 0.798. The van der Waals surface area contributed by atoms with E-state index in [9.17, 15) is 0 Å². The number of anilines is 1. The van der Waals surface area contributed by atoms with Gasteiger partial charge in [-0.3, -0.25) is 0 Å². The topological polar surface area (TPSA) is 29.3 Å². The van der Waals surface area contributed by atoms with Crippen LogP contribution in [-0.4, -0.2) is 19.6 Å². The Kier molecular flexibility index (Phi) is 5.33. The number of hydrogen-bond acceptors (Lipinski definition) is 2. The Morgan fingerprint density at radius 1 is 1.19 bits per heavy atom. The van der Waals surface area contributed by atoms with Gasteiger partial charge in [-0.2, -0.15) is 0 Å². The van der Waals surface area contributed by atoms with Gasteiger partial charge in [0.05, 0.1) is 0 Å². The first kappa shape index (κ1) is 13.0. The molecule has 1 rings (SSSR count). The zero-order valence-electron chi connectivity index (χ0n) is 10.7. The molecule has 1 unspecified atom stereocenters. The van der Waals surface area contributed by atoms with Crippen molar-refractivity contribution in [3.8, 4) is 0 Å². The van der Waals surface area contributed by atoms with Gasteiger partial charge < -0.3 is 10.6 Å². The summed E-state index contributed by atoms with van der Waals surface area (Å²) in [5.74, 6) is 0.598. The maximum absolute atomic E-state index is 5.76. The van der Waals surface area contributed by atoms with Crippen molar-refractivity contribution in [2.24, 2.45) is 11.7 Å². The summed E-state index contributed by atoms with van der Waals surface area (Å²) >= 11 is 0. The first-order valence-corrected chi connectivity index (χ1v) is 6.22. The van der Waals surface area contributed by atoms with E-state index in [4.69, 9.17) is 5.73 Å². The smallest absolute Gasteiger partial charge is 0.0366 e. The Morgan fingerprint density at radius 3 is 2.25 bits per heavy atom. The number of benzene rings is 1. The van der Waals surface area contributed by atoms with E-state index < -0.39 is 0 Å². The molecule has 2 heteroatoms. The third-order valence-electron chi connectivity index (χ3n) is 3.17. The van der Waals surface area contributed by atoms with E-state index in [1.165, 1.54) is 11.3 Å². The molecule has 2 nitrogen and oxygen atoms in total. The highest BCUT2D eigenvalue weighted by Gasteiger charge is 2.10. The third-order valence-corrected chi connectivity index (χ3v) is 3.17. The van der Waals surface area contributed by atoms with Crippen molar-refractivity contribution < 1.29 is 0 Å². The Labute approximate surface area is 99.5 Å². The minimum absolute atomic E-state index is 0.598. The molecule has 0 saturated heterocycles. The maximum Gasteiger partial charge on any atom is 0.0366 e. The van der Waals surface area contributed by atoms with E-state index in [-0.39, 0.29) is 0 Å². The van der Waals surface area contributed by atoms with E-state index in [1.54, 1.807) is 0 Å². The van der Waals surface area contributed by atoms with Crippen LogP contribution in [0, 0.1) is 12.8 Å². The molecule has 0 aliphatic heterocycles. The maximum atomic E-state index is 5.76. The Hall–Kier alpha value is -1.02. The van der Waals surface area contributed by atoms with Gasteiger partial charge in [-0.15, -0.1) is 0 Å². The first-order chi connectivity index (χ1) is 7.71. The molecule has 0 aliphatic rings. The van der Waals surface area contributed by atoms with Crippen LogP contribution in [0.1, 0.15) is 25.8 Å². The standard InChI is InChI=1S/C14H24N2/c1-4-13(10-15)11-16(5-2)14-8-6-12(3)7-9-14/h6-9,13H,4-5,10-11,15H2,1-3H3. The van der Waals surface area contributed by atoms with E-state index in [0.717, 1.165) is 26.1 Å². The van der Waals surface area contributed by atoms with Crippen LogP contribution in [-0.2, 0) is 0 Å². The van der Waals surface area contributed by atoms with Crippen LogP contribution in [0.2, 0.25) is 0 Å². The summed E-state index contributed by atoms with van der Waals surface area (Å²) in [5.41, 5.74) is 8.38. The summed E-state index contributed by atoms with van der Waals surface area (Å²) in [6, 6.07) is 8.73. The molecule has 90 valence electrons. The van der Waals surface area contributed by atoms with Crippen molar-refractivity contribution in [1.29, 1.82) is 0 Å². The fraction of sp³-hybridized carbons (Fsp3) is 0.571. The molecule has 0 aliphatic carbocycles. The summed E-state index contributed by atoms with van der Waals surface area (Å²) in [7, 11) is 0. The molecule has 2 N–H and O–H groups in total. The second kappa shape index (κ2) is 6.54. The van der Waals surface area contributed by atoms with Gasteiger partial charge in [0.2, 0.25) is 0 Å². The zero-order valence-corrected chi connectivity index (χ0v) is 10.7. The van der Waals surface area contributed by atoms with Crippen LogP contribution in [0.15, 0.2) is 24.3 Å². The van der Waals surface area contributed by atoms with Gasteiger partial charge in [0, 0.05) is 18.8 Å². The average Bonchev–Trinajstić information content (AvgIpc) is 2.32. The molecular weight excluding hydrogens is 196 g/mol. The normalized spacial score (nSPS) is 12.5. The lowest BCUT2D eigenvalue weighted by Gasteiger charge is -2.27. The van der Waals surface area contributed by atoms with E-state index in [1.807, 2.05) is 0 Å². The molecular formula is C14H24N2. The highest BCUT2D eigenvalue weighted by Crippen LogP contribution is 2.17. The highest BCUT2D eigenvalue weighted by molar-refractivity contribution is 5.47. The largest absolute Gasteiger partial charge is 0.371 e. The first-order valence-electron chi connectivity index (χ1n) is 6.22. The number of aryl methyl sites for hydroxylation is 1. The number of nitrogens with two attached hydrogens (primary N) is 1. The molecule has 0 amide bonds. The number of rotatable bonds is 6. The molecule has 0 bridgehead atoms. The van der Waals surface area contributed by atoms with Crippen LogP contribution in [0.4, 0.5) is 5.69 Å². The SMILES string of the molecule is CCC(CN)CN(CC)c1ccc(C)cc1. The fourth-order valence-corrected chi connectivity index (χ4v) is 1.85. The third kappa shape index (κ3) is 3.53. The Bertz CT molecular complexity index is 288. The highest BCUT2D eigenvalue weighted by atomic mass is 15.1. The van der Waals surface area contributed by atoms with Gasteiger partial charge in [-0.1, -0.05) is 31.0 Å². The van der Waals surface area contributed by atoms with Crippen LogP contribution in [0.3, 0.4) is 0 Å². The predicted molar refractivity (Wildman–Crippen MR) is 71.9 cm³/mol. The molecule has 1 atom stereocenters. The average molecular weight is 220 g/mol. The monoisotopic (exact) mass is 220 g/mol. The van der Waals surface area contributed by atoms with Gasteiger partial charge >= 0.3 is 0 Å². The summed E-state index contributed by atoms with van der Waals surface area (Å²) in [4.78, 5) is 2.40. The molecule has 0 radical (unpaired) electrons. The van der Waals surface area contributed by atoms with E-state index in [2.05, 4.69) is 49.9 Å². The summed E-state index contributed by atoms with van der Waals surface area (Å²) in [6.45, 7) is 9.41. The number of nitrogens with zero attached hydrogens (tertiary/aromatic N) is 1. The molecule has 1 aromatic carbocycles. The summed E-state index contributed by atoms with van der Waals surface area (Å²) in [5, 5.41) is 0. The molecule has 0 aromatic heterocycles. The molecule has 1 aromatic rings. The molecule has 0 fully saturated rings. The second-order valence-electron chi connectivity index (χ2n) is 4.38. The van der Waals surface area contributed by atoms with Crippen molar-refractivity contribution in [2.45, 2.75) is 27.2 Å². The van der Waals surface area contributed by atoms with Gasteiger partial charge in [0.15, 0.2) is 0 Å². The van der Waals surface area contributed by atoms with Crippen LogP contribution in [0.5, 0.6) is 0 Å². The Morgan fingerprint density at radius 2 is 1.81 bits per heavy atom. The van der Waals surface area contributed by atoms with Gasteiger partial charge in [0.25, 0.3) is 0 Å². The molecule has 0 heterocycles. The van der Waals surface area contributed by atoms with Crippen molar-refractivity contribution in [3.63, 3.8) is 0 Å². The van der Waals surface area contributed by atoms with Crippen molar-refractivity contribution in [2.75, 3.05) is 24.5 Å². The minimum Gasteiger partial charge on any atom is -0.371 e. The predicted octanol–water partition coefficient (Wildman–Crippen LogP) is 2.81. The minimum atomic E-state index is 0.598. The fourth-order valence-electron chi connectivity index (χ4n) is 1.85. The zero-order chi connectivity index (χ0) is 12.0. The van der Waals surface area contributed by atoms with E-state index >= 15 is 0 Å². The van der Waals surface area contributed by atoms with Crippen LogP contribution >= 0.6 is 0 Å². The number of hydrogen-bond donors (Lipinski definition) is 1. The van der Waals surface area contributed by atoms with Gasteiger partial charge in [0.1, 0.15) is 0 Å². The Balaban J connectivity index is 2.70. The summed E-state index contributed by atoms with van der Waals surface area (Å²) < 4.78 is 0. The van der Waals surface area contributed by atoms with Gasteiger partial charge in [-0.05, 0) is 38.4 Å². The van der Waals surface area contributed by atoms with Crippen LogP contribution in [0.25, 0.3) is 0 Å². The molecule has 0 spiro atoms. The lowest BCUT2D eigenvalue weighted by Crippen LogP contribution is -2.32. The summed E-state index contributed by atoms with van der Waals surface area (Å²) in [6.07, 6.45) is 1.15. The second-order valence-corrected chi connectivity index (χ2v) is 4.38. The lowest BCUT2D eigenvalue weighted by atomic mass is 10.1. The van der Waals surface area contributed by atoms with Crippen molar-refractivity contribution in [1.82, 2.24) is 0 Å². The molecule has 0 saturated carbocycles.